The van der Waals surface area contributed by atoms with Crippen molar-refractivity contribution in [1.82, 2.24) is 0 Å². The minimum absolute atomic E-state index is 0.0816. The van der Waals surface area contributed by atoms with Crippen LogP contribution in [-0.2, 0) is 23.1 Å². The van der Waals surface area contributed by atoms with Gasteiger partial charge in [-0.2, -0.15) is 0 Å². The number of hydrogen-bond acceptors (Lipinski definition) is 5. The van der Waals surface area contributed by atoms with Crippen molar-refractivity contribution in [2.45, 2.75) is 27.7 Å². The van der Waals surface area contributed by atoms with Crippen LogP contribution in [0.2, 0.25) is 0 Å². The molecule has 0 atom stereocenters. The molecule has 0 aromatic heterocycles. The van der Waals surface area contributed by atoms with Crippen molar-refractivity contribution in [1.29, 1.82) is 0 Å². The van der Waals surface area contributed by atoms with Crippen molar-refractivity contribution in [3.63, 3.8) is 0 Å². The summed E-state index contributed by atoms with van der Waals surface area (Å²) in [6.07, 6.45) is 1.50. The fraction of sp³-hybridized carbons (Fsp3) is 0.438. The van der Waals surface area contributed by atoms with E-state index < -0.39 is 13.6 Å². The van der Waals surface area contributed by atoms with Crippen molar-refractivity contribution >= 4 is 19.6 Å². The van der Waals surface area contributed by atoms with E-state index in [4.69, 9.17) is 13.8 Å². The molecule has 0 bridgehead atoms. The molecule has 0 aliphatic heterocycles. The van der Waals surface area contributed by atoms with E-state index in [0.717, 1.165) is 11.1 Å². The van der Waals surface area contributed by atoms with Crippen molar-refractivity contribution in [3.05, 3.63) is 40.7 Å². The highest BCUT2D eigenvalue weighted by Crippen LogP contribution is 2.57. The van der Waals surface area contributed by atoms with E-state index in [-0.39, 0.29) is 25.1 Å². The number of carbonyl (C=O) groups is 1. The third kappa shape index (κ3) is 5.09. The van der Waals surface area contributed by atoms with Gasteiger partial charge in [0.15, 0.2) is 0 Å². The lowest BCUT2D eigenvalue weighted by Crippen LogP contribution is -2.11. The van der Waals surface area contributed by atoms with Gasteiger partial charge in [-0.3, -0.25) is 4.57 Å². The molecule has 0 aliphatic rings. The average molecular weight is 326 g/mol. The molecule has 22 heavy (non-hydrogen) atoms. The molecule has 0 fully saturated rings. The van der Waals surface area contributed by atoms with E-state index in [9.17, 15) is 9.36 Å². The molecule has 0 spiro atoms. The first-order chi connectivity index (χ1) is 10.5. The Bertz CT molecular complexity index is 552. The zero-order valence-corrected chi connectivity index (χ0v) is 14.4. The van der Waals surface area contributed by atoms with Gasteiger partial charge in [0, 0.05) is 0 Å². The molecule has 0 N–H and O–H groups in total. The molecular weight excluding hydrogens is 303 g/mol. The van der Waals surface area contributed by atoms with Gasteiger partial charge in [0.05, 0.1) is 19.8 Å². The fourth-order valence-electron chi connectivity index (χ4n) is 1.79. The molecule has 0 saturated heterocycles. The van der Waals surface area contributed by atoms with Crippen LogP contribution in [0.15, 0.2) is 29.6 Å². The molecule has 0 heterocycles. The number of carbonyl (C=O) groups excluding carboxylic acids is 1. The van der Waals surface area contributed by atoms with E-state index >= 15 is 0 Å². The maximum absolute atomic E-state index is 12.9. The average Bonchev–Trinajstić information content (AvgIpc) is 2.47. The summed E-state index contributed by atoms with van der Waals surface area (Å²) in [5, 5.41) is -0.0816. The maximum Gasteiger partial charge on any atom is 0.368 e. The van der Waals surface area contributed by atoms with Crippen LogP contribution in [0, 0.1) is 6.92 Å². The number of esters is 1. The number of ether oxygens (including phenoxy) is 1. The van der Waals surface area contributed by atoms with E-state index in [1.54, 1.807) is 20.8 Å². The molecule has 0 amide bonds. The van der Waals surface area contributed by atoms with Crippen molar-refractivity contribution in [3.8, 4) is 0 Å². The number of rotatable bonds is 8. The van der Waals surface area contributed by atoms with E-state index in [2.05, 4.69) is 0 Å². The van der Waals surface area contributed by atoms with E-state index in [0.29, 0.717) is 0 Å². The summed E-state index contributed by atoms with van der Waals surface area (Å²) in [6, 6.07) is 7.47. The summed E-state index contributed by atoms with van der Waals surface area (Å²) in [4.78, 5) is 12.2. The lowest BCUT2D eigenvalue weighted by Gasteiger charge is -2.19. The Morgan fingerprint density at radius 3 is 2.05 bits per heavy atom. The Morgan fingerprint density at radius 1 is 1.05 bits per heavy atom. The second-order valence-corrected chi connectivity index (χ2v) is 6.49. The SMILES string of the molecule is CCOC(=O)/C(=C/c1ccc(C)cc1)P(=O)(OCC)OCC. The third-order valence-corrected chi connectivity index (χ3v) is 4.86. The highest BCUT2D eigenvalue weighted by Gasteiger charge is 2.35. The van der Waals surface area contributed by atoms with Crippen LogP contribution in [0.1, 0.15) is 31.9 Å². The second-order valence-electron chi connectivity index (χ2n) is 4.49. The normalized spacial score (nSPS) is 12.3. The smallest absolute Gasteiger partial charge is 0.368 e. The van der Waals surface area contributed by atoms with Crippen LogP contribution in [0.5, 0.6) is 0 Å². The van der Waals surface area contributed by atoms with Gasteiger partial charge in [-0.05, 0) is 39.3 Å². The molecule has 0 radical (unpaired) electrons. The Hall–Kier alpha value is -1.42. The van der Waals surface area contributed by atoms with Gasteiger partial charge in [-0.15, -0.1) is 0 Å². The van der Waals surface area contributed by atoms with Crippen LogP contribution >= 0.6 is 7.60 Å². The zero-order valence-electron chi connectivity index (χ0n) is 13.5. The van der Waals surface area contributed by atoms with Gasteiger partial charge in [0.2, 0.25) is 0 Å². The fourth-order valence-corrected chi connectivity index (χ4v) is 3.42. The number of benzene rings is 1. The summed E-state index contributed by atoms with van der Waals surface area (Å²) in [6.45, 7) is 7.56. The van der Waals surface area contributed by atoms with Gasteiger partial charge in [0.25, 0.3) is 0 Å². The van der Waals surface area contributed by atoms with Crippen LogP contribution in [-0.4, -0.2) is 25.8 Å². The zero-order chi connectivity index (χ0) is 16.6. The van der Waals surface area contributed by atoms with Crippen molar-refractivity contribution in [2.75, 3.05) is 19.8 Å². The third-order valence-electron chi connectivity index (χ3n) is 2.76. The number of aryl methyl sites for hydroxylation is 1. The first-order valence-corrected chi connectivity index (χ1v) is 8.86. The van der Waals surface area contributed by atoms with Gasteiger partial charge in [-0.1, -0.05) is 29.8 Å². The predicted octanol–water partition coefficient (Wildman–Crippen LogP) is 4.17. The molecule has 122 valence electrons. The Balaban J connectivity index is 3.29. The standard InChI is InChI=1S/C16H23O5P/c1-5-19-16(17)15(22(18,20-6-2)21-7-3)12-14-10-8-13(4)9-11-14/h8-12H,5-7H2,1-4H3/b15-12-. The molecule has 0 saturated carbocycles. The highest BCUT2D eigenvalue weighted by atomic mass is 31.2. The van der Waals surface area contributed by atoms with E-state index in [1.807, 2.05) is 31.2 Å². The summed E-state index contributed by atoms with van der Waals surface area (Å²) in [5.41, 5.74) is 1.82. The highest BCUT2D eigenvalue weighted by molar-refractivity contribution is 7.60. The van der Waals surface area contributed by atoms with Gasteiger partial charge in [0.1, 0.15) is 5.31 Å². The van der Waals surface area contributed by atoms with Gasteiger partial charge < -0.3 is 13.8 Å². The predicted molar refractivity (Wildman–Crippen MR) is 86.6 cm³/mol. The minimum atomic E-state index is -3.71. The minimum Gasteiger partial charge on any atom is -0.462 e. The van der Waals surface area contributed by atoms with Crippen molar-refractivity contribution in [2.24, 2.45) is 0 Å². The molecule has 1 aromatic rings. The topological polar surface area (TPSA) is 61.8 Å². The second kappa shape index (κ2) is 8.89. The lowest BCUT2D eigenvalue weighted by molar-refractivity contribution is -0.137. The van der Waals surface area contributed by atoms with E-state index in [1.165, 1.54) is 6.08 Å². The van der Waals surface area contributed by atoms with Gasteiger partial charge >= 0.3 is 13.6 Å². The molecular formula is C16H23O5P. The monoisotopic (exact) mass is 326 g/mol. The van der Waals surface area contributed by atoms with Crippen LogP contribution in [0.25, 0.3) is 6.08 Å². The largest absolute Gasteiger partial charge is 0.462 e. The molecule has 6 heteroatoms. The molecule has 5 nitrogen and oxygen atoms in total. The maximum atomic E-state index is 12.9. The lowest BCUT2D eigenvalue weighted by atomic mass is 10.1. The Morgan fingerprint density at radius 2 is 1.59 bits per heavy atom. The van der Waals surface area contributed by atoms with Crippen molar-refractivity contribution < 1.29 is 23.1 Å². The summed E-state index contributed by atoms with van der Waals surface area (Å²) < 4.78 is 28.4. The first-order valence-electron chi connectivity index (χ1n) is 7.32. The first kappa shape index (κ1) is 18.6. The number of hydrogen-bond donors (Lipinski definition) is 0. The Kier molecular flexibility index (Phi) is 7.52. The summed E-state index contributed by atoms with van der Waals surface area (Å²) in [7, 11) is -3.71. The van der Waals surface area contributed by atoms with Crippen LogP contribution in [0.3, 0.4) is 0 Å². The molecule has 0 unspecified atom stereocenters. The quantitative estimate of drug-likeness (QED) is 0.408. The Labute approximate surface area is 131 Å². The molecule has 0 aliphatic carbocycles. The summed E-state index contributed by atoms with van der Waals surface area (Å²) >= 11 is 0. The van der Waals surface area contributed by atoms with Crippen LogP contribution < -0.4 is 0 Å². The van der Waals surface area contributed by atoms with Gasteiger partial charge in [-0.25, -0.2) is 4.79 Å². The summed E-state index contributed by atoms with van der Waals surface area (Å²) in [5.74, 6) is -0.687. The molecule has 1 rings (SSSR count). The molecule has 1 aromatic carbocycles. The van der Waals surface area contributed by atoms with Crippen LogP contribution in [0.4, 0.5) is 0 Å².